The monoisotopic (exact) mass is 284 g/mol. The van der Waals surface area contributed by atoms with Crippen molar-refractivity contribution in [1.82, 2.24) is 9.97 Å². The zero-order chi connectivity index (χ0) is 15.0. The van der Waals surface area contributed by atoms with Crippen molar-refractivity contribution in [2.75, 3.05) is 5.43 Å². The molecule has 1 saturated carbocycles. The van der Waals surface area contributed by atoms with Crippen molar-refractivity contribution < 1.29 is 4.74 Å². The minimum Gasteiger partial charge on any atom is -0.438 e. The number of aromatic nitrogens is 2. The summed E-state index contributed by atoms with van der Waals surface area (Å²) in [7, 11) is 0. The number of nitrogen functional groups attached to an aromatic ring is 1. The highest BCUT2D eigenvalue weighted by Crippen LogP contribution is 2.39. The lowest BCUT2D eigenvalue weighted by atomic mass is 10.1. The highest BCUT2D eigenvalue weighted by atomic mass is 16.5. The molecule has 2 aromatic rings. The Morgan fingerprint density at radius 2 is 1.86 bits per heavy atom. The molecule has 0 saturated heterocycles. The molecule has 0 spiro atoms. The number of nitrogens with one attached hydrogen (secondary N) is 1. The number of rotatable bonds is 4. The fourth-order valence-corrected chi connectivity index (χ4v) is 2.28. The van der Waals surface area contributed by atoms with Crippen LogP contribution in [0.1, 0.15) is 41.3 Å². The van der Waals surface area contributed by atoms with Gasteiger partial charge in [0, 0.05) is 12.0 Å². The second-order valence-electron chi connectivity index (χ2n) is 5.62. The Kier molecular flexibility index (Phi) is 3.51. The normalized spacial score (nSPS) is 14.1. The van der Waals surface area contributed by atoms with E-state index in [0.717, 1.165) is 35.5 Å². The summed E-state index contributed by atoms with van der Waals surface area (Å²) in [6, 6.07) is 5.88. The summed E-state index contributed by atoms with van der Waals surface area (Å²) < 4.78 is 6.04. The van der Waals surface area contributed by atoms with Gasteiger partial charge in [-0.25, -0.2) is 10.8 Å². The lowest BCUT2D eigenvalue weighted by Crippen LogP contribution is -2.10. The molecule has 21 heavy (non-hydrogen) atoms. The third kappa shape index (κ3) is 2.83. The van der Waals surface area contributed by atoms with Crippen LogP contribution < -0.4 is 16.0 Å². The van der Waals surface area contributed by atoms with Crippen LogP contribution in [-0.2, 0) is 0 Å². The summed E-state index contributed by atoms with van der Waals surface area (Å²) in [5.74, 6) is 8.73. The zero-order valence-corrected chi connectivity index (χ0v) is 12.6. The molecule has 3 rings (SSSR count). The van der Waals surface area contributed by atoms with Crippen molar-refractivity contribution in [1.29, 1.82) is 0 Å². The van der Waals surface area contributed by atoms with E-state index in [-0.39, 0.29) is 0 Å². The van der Waals surface area contributed by atoms with Crippen LogP contribution in [0.25, 0.3) is 0 Å². The summed E-state index contributed by atoms with van der Waals surface area (Å²) in [4.78, 5) is 8.91. The van der Waals surface area contributed by atoms with E-state index in [4.69, 9.17) is 10.6 Å². The van der Waals surface area contributed by atoms with E-state index in [1.165, 1.54) is 5.56 Å². The van der Waals surface area contributed by atoms with E-state index in [1.54, 1.807) is 6.07 Å². The van der Waals surface area contributed by atoms with Gasteiger partial charge in [0.05, 0.1) is 0 Å². The van der Waals surface area contributed by atoms with Crippen LogP contribution in [0.15, 0.2) is 18.2 Å². The van der Waals surface area contributed by atoms with Gasteiger partial charge in [0.25, 0.3) is 0 Å². The van der Waals surface area contributed by atoms with Gasteiger partial charge in [0.15, 0.2) is 0 Å². The van der Waals surface area contributed by atoms with Gasteiger partial charge in [-0.1, -0.05) is 12.1 Å². The molecule has 1 fully saturated rings. The van der Waals surface area contributed by atoms with Crippen LogP contribution in [0.5, 0.6) is 11.6 Å². The van der Waals surface area contributed by atoms with Gasteiger partial charge in [0.1, 0.15) is 17.4 Å². The lowest BCUT2D eigenvalue weighted by Gasteiger charge is -2.14. The Balaban J connectivity index is 1.98. The van der Waals surface area contributed by atoms with Crippen LogP contribution in [0, 0.1) is 20.8 Å². The predicted octanol–water partition coefficient (Wildman–Crippen LogP) is 3.36. The topological polar surface area (TPSA) is 73.1 Å². The van der Waals surface area contributed by atoms with E-state index >= 15 is 0 Å². The third-order valence-electron chi connectivity index (χ3n) is 3.89. The Bertz CT molecular complexity index is 680. The molecule has 0 amide bonds. The first kappa shape index (κ1) is 13.8. The van der Waals surface area contributed by atoms with Gasteiger partial charge >= 0.3 is 0 Å². The van der Waals surface area contributed by atoms with Crippen LogP contribution >= 0.6 is 0 Å². The second kappa shape index (κ2) is 5.33. The van der Waals surface area contributed by atoms with Crippen molar-refractivity contribution in [2.45, 2.75) is 39.5 Å². The lowest BCUT2D eigenvalue weighted by molar-refractivity contribution is 0.451. The van der Waals surface area contributed by atoms with E-state index in [1.807, 2.05) is 6.92 Å². The molecule has 1 aliphatic rings. The quantitative estimate of drug-likeness (QED) is 0.665. The van der Waals surface area contributed by atoms with E-state index in [0.29, 0.717) is 17.6 Å². The summed E-state index contributed by atoms with van der Waals surface area (Å²) in [6.45, 7) is 6.17. The van der Waals surface area contributed by atoms with Crippen LogP contribution in [0.3, 0.4) is 0 Å². The second-order valence-corrected chi connectivity index (χ2v) is 5.62. The summed E-state index contributed by atoms with van der Waals surface area (Å²) >= 11 is 0. The van der Waals surface area contributed by atoms with Gasteiger partial charge < -0.3 is 10.2 Å². The Labute approximate surface area is 124 Å². The number of aryl methyl sites for hydroxylation is 2. The highest BCUT2D eigenvalue weighted by Gasteiger charge is 2.27. The molecule has 1 aromatic carbocycles. The van der Waals surface area contributed by atoms with Gasteiger partial charge in [0.2, 0.25) is 5.88 Å². The summed E-state index contributed by atoms with van der Waals surface area (Å²) in [5, 5.41) is 0. The van der Waals surface area contributed by atoms with Crippen molar-refractivity contribution in [2.24, 2.45) is 5.84 Å². The molecule has 5 heteroatoms. The van der Waals surface area contributed by atoms with Gasteiger partial charge in [-0.3, -0.25) is 0 Å². The number of hydrazine groups is 1. The SMILES string of the molecule is Cc1ccc(C)c(Oc2cc(NN)nc(C3CC3)n2)c1C. The molecule has 1 aliphatic carbocycles. The molecular weight excluding hydrogens is 264 g/mol. The van der Waals surface area contributed by atoms with Gasteiger partial charge in [-0.05, 0) is 50.3 Å². The number of nitrogens with two attached hydrogens (primary N) is 1. The smallest absolute Gasteiger partial charge is 0.224 e. The molecule has 0 aliphatic heterocycles. The molecule has 1 aromatic heterocycles. The minimum atomic E-state index is 0.445. The zero-order valence-electron chi connectivity index (χ0n) is 12.6. The third-order valence-corrected chi connectivity index (χ3v) is 3.89. The molecule has 0 bridgehead atoms. The first-order valence-electron chi connectivity index (χ1n) is 7.18. The molecule has 110 valence electrons. The largest absolute Gasteiger partial charge is 0.438 e. The molecule has 5 nitrogen and oxygen atoms in total. The standard InChI is InChI=1S/C16H20N4O/c1-9-4-5-10(2)15(11(9)3)21-14-8-13(20-17)18-16(19-14)12-6-7-12/h4-5,8,12H,6-7,17H2,1-3H3,(H,18,19,20). The number of nitrogens with zero attached hydrogens (tertiary/aromatic N) is 2. The van der Waals surface area contributed by atoms with Crippen molar-refractivity contribution in [3.63, 3.8) is 0 Å². The fourth-order valence-electron chi connectivity index (χ4n) is 2.28. The number of hydrogen-bond acceptors (Lipinski definition) is 5. The summed E-state index contributed by atoms with van der Waals surface area (Å²) in [6.07, 6.45) is 2.27. The average molecular weight is 284 g/mol. The molecule has 0 unspecified atom stereocenters. The number of anilines is 1. The maximum Gasteiger partial charge on any atom is 0.224 e. The predicted molar refractivity (Wildman–Crippen MR) is 82.5 cm³/mol. The highest BCUT2D eigenvalue weighted by molar-refractivity contribution is 5.47. The summed E-state index contributed by atoms with van der Waals surface area (Å²) in [5.41, 5.74) is 6.00. The molecule has 0 radical (unpaired) electrons. The van der Waals surface area contributed by atoms with Crippen molar-refractivity contribution in [3.8, 4) is 11.6 Å². The van der Waals surface area contributed by atoms with E-state index in [2.05, 4.69) is 41.4 Å². The van der Waals surface area contributed by atoms with Gasteiger partial charge in [-0.2, -0.15) is 4.98 Å². The van der Waals surface area contributed by atoms with Crippen molar-refractivity contribution in [3.05, 3.63) is 40.7 Å². The molecular formula is C16H20N4O. The maximum absolute atomic E-state index is 6.04. The van der Waals surface area contributed by atoms with Gasteiger partial charge in [-0.15, -0.1) is 0 Å². The Morgan fingerprint density at radius 1 is 1.14 bits per heavy atom. The molecule has 1 heterocycles. The maximum atomic E-state index is 6.04. The van der Waals surface area contributed by atoms with E-state index in [9.17, 15) is 0 Å². The first-order chi connectivity index (χ1) is 10.1. The average Bonchev–Trinajstić information content (AvgIpc) is 3.32. The van der Waals surface area contributed by atoms with Crippen LogP contribution in [-0.4, -0.2) is 9.97 Å². The van der Waals surface area contributed by atoms with Crippen LogP contribution in [0.4, 0.5) is 5.82 Å². The Hall–Kier alpha value is -2.14. The minimum absolute atomic E-state index is 0.445. The molecule has 3 N–H and O–H groups in total. The Morgan fingerprint density at radius 3 is 2.52 bits per heavy atom. The number of benzene rings is 1. The molecule has 0 atom stereocenters. The number of ether oxygens (including phenoxy) is 1. The van der Waals surface area contributed by atoms with Crippen molar-refractivity contribution >= 4 is 5.82 Å². The fraction of sp³-hybridized carbons (Fsp3) is 0.375. The number of hydrogen-bond donors (Lipinski definition) is 2. The first-order valence-corrected chi connectivity index (χ1v) is 7.18. The van der Waals surface area contributed by atoms with E-state index < -0.39 is 0 Å². The van der Waals surface area contributed by atoms with Crippen LogP contribution in [0.2, 0.25) is 0 Å².